The maximum atomic E-state index is 13.7. The van der Waals surface area contributed by atoms with Crippen LogP contribution in [0, 0.1) is 11.8 Å². The van der Waals surface area contributed by atoms with Crippen LogP contribution in [0.3, 0.4) is 0 Å². The largest absolute Gasteiger partial charge is 0.480 e. The van der Waals surface area contributed by atoms with Gasteiger partial charge < -0.3 is 21.3 Å². The van der Waals surface area contributed by atoms with Gasteiger partial charge in [-0.15, -0.1) is 0 Å². The van der Waals surface area contributed by atoms with Crippen LogP contribution in [0.2, 0.25) is 0 Å². The summed E-state index contributed by atoms with van der Waals surface area (Å²) in [5.74, 6) is -2.11. The van der Waals surface area contributed by atoms with Gasteiger partial charge in [-0.05, 0) is 37.2 Å². The van der Waals surface area contributed by atoms with E-state index in [4.69, 9.17) is 21.3 Å². The molecule has 1 heterocycles. The molecule has 31 heavy (non-hydrogen) atoms. The van der Waals surface area contributed by atoms with Crippen molar-refractivity contribution in [2.24, 2.45) is 17.6 Å². The lowest BCUT2D eigenvalue weighted by molar-refractivity contribution is -0.213. The second-order valence-corrected chi connectivity index (χ2v) is 8.12. The van der Waals surface area contributed by atoms with Crippen molar-refractivity contribution in [1.29, 1.82) is 0 Å². The van der Waals surface area contributed by atoms with Gasteiger partial charge in [-0.1, -0.05) is 37.5 Å². The summed E-state index contributed by atoms with van der Waals surface area (Å²) in [5.41, 5.74) is 12.3. The zero-order valence-corrected chi connectivity index (χ0v) is 17.0. The van der Waals surface area contributed by atoms with Gasteiger partial charge in [-0.25, -0.2) is 4.98 Å². The Morgan fingerprint density at radius 3 is 2.55 bits per heavy atom. The Balaban J connectivity index is 1.75. The Bertz CT molecular complexity index is 851. The van der Waals surface area contributed by atoms with Gasteiger partial charge in [-0.3, -0.25) is 4.79 Å². The summed E-state index contributed by atoms with van der Waals surface area (Å²) in [7, 11) is 0. The van der Waals surface area contributed by atoms with Crippen molar-refractivity contribution in [2.45, 2.75) is 63.3 Å². The number of allylic oxidation sites excluding steroid dienone is 4. The van der Waals surface area contributed by atoms with Crippen LogP contribution in [-0.4, -0.2) is 39.4 Å². The molecule has 0 bridgehead atoms. The van der Waals surface area contributed by atoms with Crippen molar-refractivity contribution >= 4 is 17.5 Å². The quantitative estimate of drug-likeness (QED) is 0.590. The van der Waals surface area contributed by atoms with Crippen molar-refractivity contribution in [1.82, 2.24) is 9.97 Å². The molecule has 1 aromatic rings. The van der Waals surface area contributed by atoms with Crippen LogP contribution in [0.15, 0.2) is 24.3 Å². The Hall–Kier alpha value is -2.62. The van der Waals surface area contributed by atoms with Crippen LogP contribution in [0.4, 0.5) is 19.1 Å². The second kappa shape index (κ2) is 9.67. The minimum atomic E-state index is -4.51. The van der Waals surface area contributed by atoms with Gasteiger partial charge in [0.2, 0.25) is 11.8 Å². The summed E-state index contributed by atoms with van der Waals surface area (Å²) in [6, 6.07) is 0.399. The molecule has 10 heteroatoms. The molecule has 0 aliphatic heterocycles. The average Bonchev–Trinajstić information content (AvgIpc) is 2.72. The first kappa shape index (κ1) is 23.1. The Labute approximate surface area is 178 Å². The summed E-state index contributed by atoms with van der Waals surface area (Å²) in [6.45, 7) is 0. The van der Waals surface area contributed by atoms with Crippen LogP contribution in [-0.2, 0) is 4.79 Å². The van der Waals surface area contributed by atoms with E-state index in [9.17, 15) is 18.0 Å². The number of aromatic nitrogens is 2. The lowest BCUT2D eigenvalue weighted by Crippen LogP contribution is -2.42. The van der Waals surface area contributed by atoms with E-state index in [1.54, 1.807) is 6.08 Å². The minimum absolute atomic E-state index is 0.0503. The van der Waals surface area contributed by atoms with E-state index >= 15 is 0 Å². The predicted octanol–water partition coefficient (Wildman–Crippen LogP) is 3.71. The molecule has 2 unspecified atom stereocenters. The van der Waals surface area contributed by atoms with Gasteiger partial charge in [0.15, 0.2) is 6.10 Å². The zero-order chi connectivity index (χ0) is 22.6. The van der Waals surface area contributed by atoms with E-state index in [1.165, 1.54) is 6.07 Å². The van der Waals surface area contributed by atoms with Crippen molar-refractivity contribution < 1.29 is 27.8 Å². The van der Waals surface area contributed by atoms with Gasteiger partial charge in [0.05, 0.1) is 5.69 Å². The molecule has 1 fully saturated rings. The van der Waals surface area contributed by atoms with Gasteiger partial charge in [0.25, 0.3) is 0 Å². The molecule has 2 aliphatic carbocycles. The highest BCUT2D eigenvalue weighted by Crippen LogP contribution is 2.37. The van der Waals surface area contributed by atoms with Gasteiger partial charge in [-0.2, -0.15) is 18.2 Å². The van der Waals surface area contributed by atoms with E-state index in [-0.39, 0.29) is 24.2 Å². The highest BCUT2D eigenvalue weighted by atomic mass is 19.4. The standard InChI is InChI=1S/C21H27F3N4O3/c22-21(23,24)18(14-4-2-1-3-5-14)31-17-11-16(27-20(26)28-17)13-8-6-12(7-9-13)10-15(25)19(29)30/h6,8-9,11-12,14-15,18H,1-5,7,10,25H2,(H,29,30)(H2,26,27,28)/t12?,15-,18?/m0/s1. The van der Waals surface area contributed by atoms with Crippen LogP contribution in [0.25, 0.3) is 5.57 Å². The van der Waals surface area contributed by atoms with E-state index in [2.05, 4.69) is 9.97 Å². The maximum absolute atomic E-state index is 13.7. The van der Waals surface area contributed by atoms with E-state index in [0.29, 0.717) is 30.5 Å². The molecule has 3 rings (SSSR count). The van der Waals surface area contributed by atoms with E-state index < -0.39 is 30.2 Å². The molecular weight excluding hydrogens is 413 g/mol. The Morgan fingerprint density at radius 1 is 1.26 bits per heavy atom. The van der Waals surface area contributed by atoms with Gasteiger partial charge in [0, 0.05) is 12.0 Å². The number of rotatable bonds is 7. The molecule has 0 saturated heterocycles. The van der Waals surface area contributed by atoms with Crippen molar-refractivity contribution in [3.63, 3.8) is 0 Å². The number of carbonyl (C=O) groups is 1. The monoisotopic (exact) mass is 440 g/mol. The van der Waals surface area contributed by atoms with Gasteiger partial charge in [0.1, 0.15) is 6.04 Å². The normalized spacial score (nSPS) is 21.9. The first-order valence-electron chi connectivity index (χ1n) is 10.4. The fraction of sp³-hybridized carbons (Fsp3) is 0.571. The number of carboxylic acid groups (broad SMARTS) is 1. The minimum Gasteiger partial charge on any atom is -0.480 e. The molecule has 170 valence electrons. The van der Waals surface area contributed by atoms with Crippen LogP contribution < -0.4 is 16.2 Å². The highest BCUT2D eigenvalue weighted by molar-refractivity contribution is 5.74. The molecule has 1 saturated carbocycles. The zero-order valence-electron chi connectivity index (χ0n) is 17.0. The maximum Gasteiger partial charge on any atom is 0.425 e. The van der Waals surface area contributed by atoms with Crippen molar-refractivity contribution in [3.8, 4) is 5.88 Å². The van der Waals surface area contributed by atoms with Gasteiger partial charge >= 0.3 is 12.1 Å². The number of carboxylic acids is 1. The number of halogens is 3. The lowest BCUT2D eigenvalue weighted by Gasteiger charge is -2.31. The molecule has 0 aromatic carbocycles. The number of aliphatic carboxylic acids is 1. The molecule has 0 radical (unpaired) electrons. The number of nitrogens with two attached hydrogens (primary N) is 2. The summed E-state index contributed by atoms with van der Waals surface area (Å²) in [5, 5.41) is 8.94. The molecule has 2 aliphatic rings. The Morgan fingerprint density at radius 2 is 1.97 bits per heavy atom. The predicted molar refractivity (Wildman–Crippen MR) is 109 cm³/mol. The number of hydrogen-bond acceptors (Lipinski definition) is 6. The second-order valence-electron chi connectivity index (χ2n) is 8.12. The lowest BCUT2D eigenvalue weighted by atomic mass is 9.85. The summed E-state index contributed by atoms with van der Waals surface area (Å²) in [6.07, 6.45) is 3.10. The fourth-order valence-corrected chi connectivity index (χ4v) is 4.10. The SMILES string of the molecule is Nc1nc(OC(C2CCCCC2)C(F)(F)F)cc(C2=CCC(C[C@H](N)C(=O)O)C=C2)n1. The molecular formula is C21H27F3N4O3. The number of nitrogens with zero attached hydrogens (tertiary/aromatic N) is 2. The number of alkyl halides is 3. The third-order valence-corrected chi connectivity index (χ3v) is 5.73. The number of nitrogen functional groups attached to an aromatic ring is 1. The molecule has 7 nitrogen and oxygen atoms in total. The molecule has 1 aromatic heterocycles. The molecule has 0 spiro atoms. The van der Waals surface area contributed by atoms with Crippen molar-refractivity contribution in [3.05, 3.63) is 30.0 Å². The fourth-order valence-electron chi connectivity index (χ4n) is 4.10. The first-order valence-corrected chi connectivity index (χ1v) is 10.4. The topological polar surface area (TPSA) is 124 Å². The first-order chi connectivity index (χ1) is 14.6. The highest BCUT2D eigenvalue weighted by Gasteiger charge is 2.47. The molecule has 5 N–H and O–H groups in total. The third kappa shape index (κ3) is 6.19. The summed E-state index contributed by atoms with van der Waals surface area (Å²) >= 11 is 0. The third-order valence-electron chi connectivity index (χ3n) is 5.73. The number of hydrogen-bond donors (Lipinski definition) is 3. The Kier molecular flexibility index (Phi) is 7.19. The smallest absolute Gasteiger partial charge is 0.425 e. The number of anilines is 1. The van der Waals surface area contributed by atoms with Crippen molar-refractivity contribution in [2.75, 3.05) is 5.73 Å². The molecule has 3 atom stereocenters. The van der Waals surface area contributed by atoms with E-state index in [1.807, 2.05) is 12.2 Å². The molecule has 0 amide bonds. The van der Waals surface area contributed by atoms with Crippen LogP contribution in [0.5, 0.6) is 5.88 Å². The average molecular weight is 440 g/mol. The van der Waals surface area contributed by atoms with Crippen LogP contribution in [0.1, 0.15) is 50.6 Å². The van der Waals surface area contributed by atoms with Crippen LogP contribution >= 0.6 is 0 Å². The summed E-state index contributed by atoms with van der Waals surface area (Å²) < 4.78 is 46.4. The number of ether oxygens (including phenoxy) is 1. The van der Waals surface area contributed by atoms with E-state index in [0.717, 1.165) is 19.3 Å². The summed E-state index contributed by atoms with van der Waals surface area (Å²) in [4.78, 5) is 18.9.